The number of imidazole rings is 2. The van der Waals surface area contributed by atoms with Crippen molar-refractivity contribution < 1.29 is 54.9 Å². The number of nitriles is 1. The smallest absolute Gasteiger partial charge is 0.389 e. The van der Waals surface area contributed by atoms with E-state index in [1.54, 1.807) is 36.7 Å². The Balaban J connectivity index is 0.000000187. The van der Waals surface area contributed by atoms with Crippen molar-refractivity contribution in [2.45, 2.75) is 56.5 Å². The second-order valence-corrected chi connectivity index (χ2v) is 18.2. The minimum atomic E-state index is -4.44. The highest BCUT2D eigenvalue weighted by atomic mass is 19.4. The second kappa shape index (κ2) is 21.9. The summed E-state index contributed by atoms with van der Waals surface area (Å²) in [6, 6.07) is 17.0. The van der Waals surface area contributed by atoms with E-state index in [9.17, 15) is 35.9 Å². The van der Waals surface area contributed by atoms with Crippen LogP contribution in [0.1, 0.15) is 64.9 Å². The first kappa shape index (κ1) is 52.6. The molecule has 0 aliphatic carbocycles. The van der Waals surface area contributed by atoms with Crippen LogP contribution in [0.3, 0.4) is 0 Å². The van der Waals surface area contributed by atoms with Crippen LogP contribution in [0.4, 0.5) is 26.3 Å². The van der Waals surface area contributed by atoms with Crippen LogP contribution in [0.5, 0.6) is 23.0 Å². The van der Waals surface area contributed by atoms with Gasteiger partial charge in [-0.2, -0.15) is 41.8 Å². The number of carbonyl (C=O) groups excluding carboxylic acids is 2. The maximum atomic E-state index is 12.7. The summed E-state index contributed by atoms with van der Waals surface area (Å²) >= 11 is 0. The van der Waals surface area contributed by atoms with Crippen molar-refractivity contribution >= 4 is 22.9 Å². The van der Waals surface area contributed by atoms with Gasteiger partial charge in [-0.25, -0.2) is 9.97 Å². The third kappa shape index (κ3) is 11.4. The van der Waals surface area contributed by atoms with Crippen molar-refractivity contribution in [3.8, 4) is 73.8 Å². The highest BCUT2D eigenvalue weighted by molar-refractivity contribution is 6.03. The number of pyridine rings is 2. The van der Waals surface area contributed by atoms with Gasteiger partial charge in [-0.1, -0.05) is 0 Å². The van der Waals surface area contributed by atoms with Crippen LogP contribution >= 0.6 is 0 Å². The molecule has 0 saturated carbocycles. The van der Waals surface area contributed by atoms with Gasteiger partial charge in [0.1, 0.15) is 45.4 Å². The molecule has 6 aromatic heterocycles. The van der Waals surface area contributed by atoms with E-state index in [4.69, 9.17) is 24.2 Å². The van der Waals surface area contributed by atoms with Crippen LogP contribution in [0.25, 0.3) is 56.1 Å². The quantitative estimate of drug-likeness (QED) is 0.0635. The molecule has 2 aliphatic rings. The molecule has 1 N–H and O–H groups in total. The monoisotopic (exact) mass is 1050 g/mol. The third-order valence-corrected chi connectivity index (χ3v) is 13.3. The van der Waals surface area contributed by atoms with E-state index in [1.165, 1.54) is 28.4 Å². The lowest BCUT2D eigenvalue weighted by atomic mass is 10.0. The fourth-order valence-corrected chi connectivity index (χ4v) is 9.11. The Kier molecular flexibility index (Phi) is 15.2. The van der Waals surface area contributed by atoms with E-state index in [2.05, 4.69) is 36.5 Å². The van der Waals surface area contributed by atoms with Crippen LogP contribution in [0.15, 0.2) is 98.1 Å². The van der Waals surface area contributed by atoms with Gasteiger partial charge in [-0.15, -0.1) is 0 Å². The number of halogens is 6. The number of aromatic nitrogens is 8. The Morgan fingerprint density at radius 3 is 1.41 bits per heavy atom. The van der Waals surface area contributed by atoms with E-state index < -0.39 is 49.6 Å². The SMILES string of the molecule is COc1cc(-c2cnc3cc(-c4cnn(C5CN(CCC#N)C5)c4)ccn23)cc(OC)c1C(=O)CCC(F)(F)F.COc1cc(-c2cnc3cc(-c4cnn(C5CNC5)c4)ccn23)cc(OC)c1C(=O)CCC(F)(F)F. The van der Waals surface area contributed by atoms with Gasteiger partial charge in [-0.3, -0.25) is 32.7 Å². The van der Waals surface area contributed by atoms with Crippen LogP contribution in [0.2, 0.25) is 0 Å². The van der Waals surface area contributed by atoms with Crippen molar-refractivity contribution in [1.82, 2.24) is 48.5 Å². The summed E-state index contributed by atoms with van der Waals surface area (Å²) in [5.41, 5.74) is 7.85. The molecule has 0 unspecified atom stereocenters. The number of fused-ring (bicyclic) bond motifs is 2. The first-order valence-corrected chi connectivity index (χ1v) is 24.0. The van der Waals surface area contributed by atoms with E-state index in [0.29, 0.717) is 46.3 Å². The zero-order valence-corrected chi connectivity index (χ0v) is 41.7. The molecule has 0 amide bonds. The molecule has 2 aliphatic heterocycles. The van der Waals surface area contributed by atoms with Gasteiger partial charge >= 0.3 is 12.4 Å². The normalized spacial score (nSPS) is 14.2. The minimum Gasteiger partial charge on any atom is -0.496 e. The van der Waals surface area contributed by atoms with Crippen LogP contribution in [-0.2, 0) is 0 Å². The average Bonchev–Trinajstić information content (AvgIpc) is 4.24. The Bertz CT molecular complexity index is 3400. The van der Waals surface area contributed by atoms with E-state index in [-0.39, 0.29) is 40.2 Å². The van der Waals surface area contributed by atoms with Gasteiger partial charge in [0.15, 0.2) is 11.6 Å². The van der Waals surface area contributed by atoms with E-state index >= 15 is 0 Å². The maximum absolute atomic E-state index is 12.7. The molecular formula is C53H51F6N11O6. The van der Waals surface area contributed by atoms with Gasteiger partial charge < -0.3 is 24.3 Å². The largest absolute Gasteiger partial charge is 0.496 e. The maximum Gasteiger partial charge on any atom is 0.389 e. The number of nitrogens with zero attached hydrogens (tertiary/aromatic N) is 10. The Morgan fingerprint density at radius 1 is 0.618 bits per heavy atom. The summed E-state index contributed by atoms with van der Waals surface area (Å²) in [6.45, 7) is 4.32. The number of benzene rings is 2. The number of alkyl halides is 6. The molecule has 2 aromatic carbocycles. The fraction of sp³-hybridized carbons (Fsp3) is 0.340. The molecule has 76 heavy (non-hydrogen) atoms. The number of carbonyl (C=O) groups is 2. The van der Waals surface area contributed by atoms with E-state index in [0.717, 1.165) is 55.0 Å². The molecule has 23 heteroatoms. The Hall–Kier alpha value is -8.23. The molecule has 8 aromatic rings. The van der Waals surface area contributed by atoms with Gasteiger partial charge in [0.05, 0.1) is 95.6 Å². The van der Waals surface area contributed by atoms with Crippen molar-refractivity contribution in [2.75, 3.05) is 61.2 Å². The summed E-state index contributed by atoms with van der Waals surface area (Å²) in [4.78, 5) is 36.6. The molecule has 396 valence electrons. The van der Waals surface area contributed by atoms with Gasteiger partial charge in [-0.05, 0) is 59.7 Å². The third-order valence-electron chi connectivity index (χ3n) is 13.3. The first-order valence-electron chi connectivity index (χ1n) is 24.0. The summed E-state index contributed by atoms with van der Waals surface area (Å²) in [5, 5.41) is 21.0. The predicted molar refractivity (Wildman–Crippen MR) is 267 cm³/mol. The topological polar surface area (TPSA) is 180 Å². The first-order chi connectivity index (χ1) is 36.5. The minimum absolute atomic E-state index is 0.0113. The lowest BCUT2D eigenvalue weighted by molar-refractivity contribution is -0.134. The number of Topliss-reactive ketones (excluding diaryl/α,β-unsaturated/α-hetero) is 2. The summed E-state index contributed by atoms with van der Waals surface area (Å²) in [7, 11) is 5.43. The molecule has 0 spiro atoms. The van der Waals surface area contributed by atoms with Gasteiger partial charge in [0.2, 0.25) is 0 Å². The molecule has 0 radical (unpaired) electrons. The molecule has 0 bridgehead atoms. The van der Waals surface area contributed by atoms with Crippen molar-refractivity contribution in [3.05, 3.63) is 109 Å². The standard InChI is InChI=1S/C28H27F3N6O3.C25H24F3N5O3/c1-39-24-10-19(11-25(40-2)27(24)23(38)4-6-28(29,30)31)22-14-33-26-12-18(5-9-36(22)26)20-13-34-37(15-20)21-16-35(17-21)8-3-7-32;1-35-21-7-16(8-22(36-2)24(21)20(34)3-5-25(26,27)28)19-13-30-23-9-15(4-6-32(19)23)17-10-31-33(14-17)18-11-29-12-18/h5,9-15,21H,3-4,6,8,16-17H2,1-2H3;4,6-10,13-14,18,29H,3,5,11-12H2,1-2H3. The zero-order chi connectivity index (χ0) is 53.9. The van der Waals surface area contributed by atoms with Gasteiger partial charge in [0.25, 0.3) is 0 Å². The number of hydrogen-bond acceptors (Lipinski definition) is 13. The molecular weight excluding hydrogens is 1000 g/mol. The highest BCUT2D eigenvalue weighted by Crippen LogP contribution is 2.40. The lowest BCUT2D eigenvalue weighted by Gasteiger charge is -2.38. The molecule has 17 nitrogen and oxygen atoms in total. The number of ketones is 2. The van der Waals surface area contributed by atoms with Crippen LogP contribution in [0, 0.1) is 11.3 Å². The second-order valence-electron chi connectivity index (χ2n) is 18.2. The van der Waals surface area contributed by atoms with Crippen LogP contribution in [-0.4, -0.2) is 128 Å². The van der Waals surface area contributed by atoms with E-state index in [1.807, 2.05) is 79.6 Å². The molecule has 10 rings (SSSR count). The van der Waals surface area contributed by atoms with Gasteiger partial charge in [0, 0.05) is 99.0 Å². The number of methoxy groups -OCH3 is 4. The summed E-state index contributed by atoms with van der Waals surface area (Å²) in [5.74, 6) is -0.876. The number of ether oxygens (including phenoxy) is 4. The fourth-order valence-electron chi connectivity index (χ4n) is 9.11. The lowest BCUT2D eigenvalue weighted by Crippen LogP contribution is -2.47. The van der Waals surface area contributed by atoms with Crippen molar-refractivity contribution in [3.63, 3.8) is 0 Å². The van der Waals surface area contributed by atoms with Crippen molar-refractivity contribution in [2.24, 2.45) is 0 Å². The molecule has 2 saturated heterocycles. The number of rotatable bonds is 18. The summed E-state index contributed by atoms with van der Waals surface area (Å²) in [6.07, 6.45) is 2.60. The summed E-state index contributed by atoms with van der Waals surface area (Å²) < 4.78 is 105. The molecule has 8 heterocycles. The highest BCUT2D eigenvalue weighted by Gasteiger charge is 2.33. The zero-order valence-electron chi connectivity index (χ0n) is 41.7. The number of hydrogen-bond donors (Lipinski definition) is 1. The molecule has 2 fully saturated rings. The number of nitrogens with one attached hydrogen (secondary N) is 1. The van der Waals surface area contributed by atoms with Crippen molar-refractivity contribution in [1.29, 1.82) is 5.26 Å². The average molecular weight is 1050 g/mol. The Labute approximate surface area is 431 Å². The Morgan fingerprint density at radius 2 is 1.04 bits per heavy atom. The van der Waals surface area contributed by atoms with Crippen LogP contribution < -0.4 is 24.3 Å². The predicted octanol–water partition coefficient (Wildman–Crippen LogP) is 9.73. The number of likely N-dealkylation sites (tertiary alicyclic amines) is 1. The molecule has 0 atom stereocenters.